The Morgan fingerprint density at radius 2 is 1.96 bits per heavy atom. The van der Waals surface area contributed by atoms with Crippen LogP contribution < -0.4 is 9.47 Å². The number of hydrogen-bond donors (Lipinski definition) is 1. The molecule has 0 saturated carbocycles. The number of carboxylic acid groups (broad SMARTS) is 1. The van der Waals surface area contributed by atoms with E-state index in [2.05, 4.69) is 0 Å². The van der Waals surface area contributed by atoms with Gasteiger partial charge in [0.15, 0.2) is 17.5 Å². The molecule has 0 spiro atoms. The summed E-state index contributed by atoms with van der Waals surface area (Å²) in [5.74, 6) is -0.0964. The highest BCUT2D eigenvalue weighted by molar-refractivity contribution is 5.94. The van der Waals surface area contributed by atoms with E-state index in [0.29, 0.717) is 31.3 Å². The van der Waals surface area contributed by atoms with Gasteiger partial charge in [0.05, 0.1) is 13.2 Å². The molecule has 1 amide bonds. The fraction of sp³-hybridized carbons (Fsp3) is 0.375. The number of carbonyl (C=O) groups excluding carboxylic acids is 1. The normalized spacial score (nSPS) is 20.5. The van der Waals surface area contributed by atoms with Gasteiger partial charge in [-0.2, -0.15) is 0 Å². The van der Waals surface area contributed by atoms with Crippen LogP contribution in [0, 0.1) is 0 Å². The molecule has 0 aromatic heterocycles. The monoisotopic (exact) mass is 319 g/mol. The van der Waals surface area contributed by atoms with E-state index < -0.39 is 12.0 Å². The Hall–Kier alpha value is -2.54. The largest absolute Gasteiger partial charge is 0.486 e. The van der Waals surface area contributed by atoms with Crippen molar-refractivity contribution in [1.82, 2.24) is 4.90 Å². The number of nitrogens with zero attached hydrogens (tertiary/aromatic N) is 1. The van der Waals surface area contributed by atoms with E-state index in [9.17, 15) is 9.59 Å². The molecule has 1 aromatic rings. The van der Waals surface area contributed by atoms with Crippen molar-refractivity contribution in [1.29, 1.82) is 0 Å². The molecule has 1 saturated heterocycles. The maximum Gasteiger partial charge on any atom is 0.328 e. The molecular weight excluding hydrogens is 302 g/mol. The highest BCUT2D eigenvalue weighted by Gasteiger charge is 2.31. The lowest BCUT2D eigenvalue weighted by atomic mass is 10.1. The molecule has 0 radical (unpaired) electrons. The van der Waals surface area contributed by atoms with Crippen LogP contribution in [0.2, 0.25) is 0 Å². The van der Waals surface area contributed by atoms with Gasteiger partial charge in [0.1, 0.15) is 13.2 Å². The van der Waals surface area contributed by atoms with Crippen molar-refractivity contribution in [2.45, 2.75) is 6.04 Å². The molecule has 0 aliphatic carbocycles. The first-order chi connectivity index (χ1) is 11.1. The first-order valence-electron chi connectivity index (χ1n) is 7.34. The van der Waals surface area contributed by atoms with Crippen molar-refractivity contribution >= 4 is 18.0 Å². The molecule has 2 aliphatic rings. The predicted molar refractivity (Wildman–Crippen MR) is 80.4 cm³/mol. The zero-order valence-corrected chi connectivity index (χ0v) is 12.4. The fourth-order valence-corrected chi connectivity index (χ4v) is 2.50. The molecule has 0 bridgehead atoms. The van der Waals surface area contributed by atoms with Crippen molar-refractivity contribution in [2.75, 3.05) is 33.0 Å². The van der Waals surface area contributed by atoms with Gasteiger partial charge in [0, 0.05) is 12.6 Å². The van der Waals surface area contributed by atoms with E-state index in [0.717, 1.165) is 5.56 Å². The average Bonchev–Trinajstić information content (AvgIpc) is 2.59. The average molecular weight is 319 g/mol. The summed E-state index contributed by atoms with van der Waals surface area (Å²) in [7, 11) is 0. The Morgan fingerprint density at radius 3 is 2.74 bits per heavy atom. The topological polar surface area (TPSA) is 85.3 Å². The van der Waals surface area contributed by atoms with Crippen LogP contribution in [-0.4, -0.2) is 60.9 Å². The Balaban J connectivity index is 1.71. The molecule has 1 aromatic carbocycles. The van der Waals surface area contributed by atoms with E-state index in [-0.39, 0.29) is 19.1 Å². The molecule has 3 rings (SSSR count). The minimum absolute atomic E-state index is 0.0128. The van der Waals surface area contributed by atoms with Gasteiger partial charge in [-0.1, -0.05) is 6.07 Å². The molecule has 7 nitrogen and oxygen atoms in total. The lowest BCUT2D eigenvalue weighted by Crippen LogP contribution is -2.52. The number of ether oxygens (including phenoxy) is 3. The van der Waals surface area contributed by atoms with Gasteiger partial charge < -0.3 is 24.2 Å². The van der Waals surface area contributed by atoms with Gasteiger partial charge >= 0.3 is 5.97 Å². The van der Waals surface area contributed by atoms with E-state index >= 15 is 0 Å². The van der Waals surface area contributed by atoms with Crippen LogP contribution in [0.1, 0.15) is 5.56 Å². The molecule has 122 valence electrons. The first-order valence-corrected chi connectivity index (χ1v) is 7.34. The second-order valence-electron chi connectivity index (χ2n) is 5.20. The quantitative estimate of drug-likeness (QED) is 0.829. The summed E-state index contributed by atoms with van der Waals surface area (Å²) in [6.07, 6.45) is 3.00. The van der Waals surface area contributed by atoms with Crippen LogP contribution >= 0.6 is 0 Å². The zero-order valence-electron chi connectivity index (χ0n) is 12.4. The van der Waals surface area contributed by atoms with Crippen molar-refractivity contribution in [2.24, 2.45) is 0 Å². The van der Waals surface area contributed by atoms with Crippen LogP contribution in [-0.2, 0) is 14.3 Å². The Bertz CT molecular complexity index is 641. The molecule has 1 unspecified atom stereocenters. The molecule has 2 aliphatic heterocycles. The summed E-state index contributed by atoms with van der Waals surface area (Å²) in [5.41, 5.74) is 0.780. The van der Waals surface area contributed by atoms with E-state index in [4.69, 9.17) is 19.3 Å². The number of benzene rings is 1. The number of carboxylic acids is 1. The van der Waals surface area contributed by atoms with E-state index in [1.807, 2.05) is 6.07 Å². The molecule has 2 heterocycles. The third-order valence-electron chi connectivity index (χ3n) is 3.68. The molecule has 1 fully saturated rings. The number of carbonyl (C=O) groups is 2. The molecule has 23 heavy (non-hydrogen) atoms. The smallest absolute Gasteiger partial charge is 0.328 e. The summed E-state index contributed by atoms with van der Waals surface area (Å²) < 4.78 is 16.0. The third-order valence-corrected chi connectivity index (χ3v) is 3.68. The van der Waals surface area contributed by atoms with Gasteiger partial charge in [-0.3, -0.25) is 4.79 Å². The standard InChI is InChI=1S/C16H17NO6/c18-15(17-5-6-21-10-12(17)16(19)20)4-2-11-1-3-13-14(9-11)23-8-7-22-13/h1-4,9,12H,5-8,10H2,(H,19,20)/b4-2+. The predicted octanol–water partition coefficient (Wildman–Crippen LogP) is 0.783. The number of fused-ring (bicyclic) bond motifs is 1. The van der Waals surface area contributed by atoms with Gasteiger partial charge in [-0.15, -0.1) is 0 Å². The number of aliphatic carboxylic acids is 1. The Kier molecular flexibility index (Phi) is 4.47. The van der Waals surface area contributed by atoms with Crippen molar-refractivity contribution in [3.63, 3.8) is 0 Å². The van der Waals surface area contributed by atoms with E-state index in [1.165, 1.54) is 11.0 Å². The molecule has 7 heteroatoms. The summed E-state index contributed by atoms with van der Waals surface area (Å²) in [5, 5.41) is 9.15. The van der Waals surface area contributed by atoms with Gasteiger partial charge in [-0.25, -0.2) is 4.79 Å². The fourth-order valence-electron chi connectivity index (χ4n) is 2.50. The maximum absolute atomic E-state index is 12.2. The number of morpholine rings is 1. The zero-order chi connectivity index (χ0) is 16.2. The van der Waals surface area contributed by atoms with Crippen LogP contribution in [0.5, 0.6) is 11.5 Å². The SMILES string of the molecule is O=C(O)C1COCCN1C(=O)/C=C/c1ccc2c(c1)OCCO2. The van der Waals surface area contributed by atoms with Crippen LogP contribution in [0.3, 0.4) is 0 Å². The highest BCUT2D eigenvalue weighted by Crippen LogP contribution is 2.31. The Morgan fingerprint density at radius 1 is 1.17 bits per heavy atom. The second-order valence-corrected chi connectivity index (χ2v) is 5.20. The van der Waals surface area contributed by atoms with Gasteiger partial charge in [0.25, 0.3) is 0 Å². The Labute approximate surface area is 133 Å². The lowest BCUT2D eigenvalue weighted by molar-refractivity contribution is -0.156. The second kappa shape index (κ2) is 6.70. The van der Waals surface area contributed by atoms with Gasteiger partial charge in [0.2, 0.25) is 5.91 Å². The maximum atomic E-state index is 12.2. The summed E-state index contributed by atoms with van der Waals surface area (Å²) in [6.45, 7) is 1.63. The number of amides is 1. The van der Waals surface area contributed by atoms with Crippen LogP contribution in [0.4, 0.5) is 0 Å². The van der Waals surface area contributed by atoms with Crippen molar-refractivity contribution in [3.05, 3.63) is 29.8 Å². The van der Waals surface area contributed by atoms with Crippen molar-refractivity contribution in [3.8, 4) is 11.5 Å². The van der Waals surface area contributed by atoms with Crippen molar-refractivity contribution < 1.29 is 28.9 Å². The minimum atomic E-state index is -1.06. The molecular formula is C16H17NO6. The third kappa shape index (κ3) is 3.45. The lowest BCUT2D eigenvalue weighted by Gasteiger charge is -2.32. The number of rotatable bonds is 3. The highest BCUT2D eigenvalue weighted by atomic mass is 16.6. The molecule has 1 N–H and O–H groups in total. The number of hydrogen-bond acceptors (Lipinski definition) is 5. The summed E-state index contributed by atoms with van der Waals surface area (Å²) in [4.78, 5) is 24.7. The summed E-state index contributed by atoms with van der Waals surface area (Å²) in [6, 6.07) is 4.44. The first kappa shape index (κ1) is 15.4. The minimum Gasteiger partial charge on any atom is -0.486 e. The molecule has 1 atom stereocenters. The van der Waals surface area contributed by atoms with Crippen LogP contribution in [0.25, 0.3) is 6.08 Å². The summed E-state index contributed by atoms with van der Waals surface area (Å²) >= 11 is 0. The van der Waals surface area contributed by atoms with Crippen LogP contribution in [0.15, 0.2) is 24.3 Å². The van der Waals surface area contributed by atoms with Gasteiger partial charge in [-0.05, 0) is 23.8 Å². The van der Waals surface area contributed by atoms with E-state index in [1.54, 1.807) is 18.2 Å².